The average Bonchev–Trinajstić information content (AvgIpc) is 2.09. The fourth-order valence-corrected chi connectivity index (χ4v) is 0.818. The summed E-state index contributed by atoms with van der Waals surface area (Å²) in [5.74, 6) is -1.49. The quantitative estimate of drug-likeness (QED) is 0.689. The molecular weight excluding hydrogens is 177 g/mol. The van der Waals surface area contributed by atoms with Crippen molar-refractivity contribution in [1.29, 1.82) is 0 Å². The van der Waals surface area contributed by atoms with E-state index in [9.17, 15) is 14.0 Å². The molecule has 0 amide bonds. The lowest BCUT2D eigenvalue weighted by Gasteiger charge is -1.99. The molecule has 0 aliphatic rings. The Kier molecular flexibility index (Phi) is 2.79. The van der Waals surface area contributed by atoms with E-state index in [0.717, 1.165) is 12.3 Å². The Morgan fingerprint density at radius 1 is 1.69 bits per heavy atom. The number of esters is 1. The van der Waals surface area contributed by atoms with Gasteiger partial charge in [0.05, 0.1) is 6.61 Å². The molecule has 1 aromatic heterocycles. The maximum atomic E-state index is 12.6. The largest absolute Gasteiger partial charge is 0.462 e. The van der Waals surface area contributed by atoms with Crippen LogP contribution in [-0.2, 0) is 4.74 Å². The van der Waals surface area contributed by atoms with E-state index < -0.39 is 17.3 Å². The number of rotatable bonds is 2. The lowest BCUT2D eigenvalue weighted by atomic mass is 10.3. The van der Waals surface area contributed by atoms with Gasteiger partial charge in [-0.05, 0) is 13.0 Å². The first-order valence-electron chi connectivity index (χ1n) is 3.70. The van der Waals surface area contributed by atoms with Gasteiger partial charge in [-0.3, -0.25) is 4.79 Å². The van der Waals surface area contributed by atoms with Gasteiger partial charge < -0.3 is 9.72 Å². The lowest BCUT2D eigenvalue weighted by molar-refractivity contribution is 0.0523. The summed E-state index contributed by atoms with van der Waals surface area (Å²) in [5, 5.41) is 0. The number of pyridine rings is 1. The summed E-state index contributed by atoms with van der Waals surface area (Å²) in [6.45, 7) is 1.75. The Balaban J connectivity index is 3.06. The molecule has 0 bridgehead atoms. The predicted octanol–water partition coefficient (Wildman–Crippen LogP) is 0.691. The van der Waals surface area contributed by atoms with Crippen LogP contribution in [-0.4, -0.2) is 17.6 Å². The molecule has 0 unspecified atom stereocenters. The third-order valence-electron chi connectivity index (χ3n) is 1.36. The summed E-state index contributed by atoms with van der Waals surface area (Å²) < 4.78 is 17.1. The van der Waals surface area contributed by atoms with Gasteiger partial charge in [0.25, 0.3) is 5.56 Å². The highest BCUT2D eigenvalue weighted by Crippen LogP contribution is 1.97. The van der Waals surface area contributed by atoms with Gasteiger partial charge in [0.1, 0.15) is 11.4 Å². The van der Waals surface area contributed by atoms with Gasteiger partial charge in [0.15, 0.2) is 0 Å². The van der Waals surface area contributed by atoms with Crippen LogP contribution in [0.4, 0.5) is 4.39 Å². The molecule has 0 aliphatic heterocycles. The van der Waals surface area contributed by atoms with Crippen molar-refractivity contribution >= 4 is 5.97 Å². The van der Waals surface area contributed by atoms with Gasteiger partial charge in [0.2, 0.25) is 0 Å². The number of carbonyl (C=O) groups is 1. The van der Waals surface area contributed by atoms with Crippen LogP contribution in [0.3, 0.4) is 0 Å². The summed E-state index contributed by atoms with van der Waals surface area (Å²) in [4.78, 5) is 24.0. The SMILES string of the molecule is CCOC(=O)c1cc(F)c[nH]c1=O. The molecular formula is C8H8FNO3. The van der Waals surface area contributed by atoms with Crippen LogP contribution in [0.2, 0.25) is 0 Å². The molecule has 5 heteroatoms. The summed E-state index contributed by atoms with van der Waals surface area (Å²) >= 11 is 0. The van der Waals surface area contributed by atoms with Gasteiger partial charge in [-0.2, -0.15) is 0 Å². The van der Waals surface area contributed by atoms with E-state index in [1.165, 1.54) is 0 Å². The molecule has 0 fully saturated rings. The maximum absolute atomic E-state index is 12.6. The van der Waals surface area contributed by atoms with Gasteiger partial charge in [0, 0.05) is 6.20 Å². The van der Waals surface area contributed by atoms with E-state index in [2.05, 4.69) is 9.72 Å². The molecule has 0 radical (unpaired) electrons. The first kappa shape index (κ1) is 9.44. The molecule has 0 spiro atoms. The van der Waals surface area contributed by atoms with Crippen molar-refractivity contribution in [1.82, 2.24) is 4.98 Å². The maximum Gasteiger partial charge on any atom is 0.343 e. The van der Waals surface area contributed by atoms with Crippen molar-refractivity contribution in [2.24, 2.45) is 0 Å². The average molecular weight is 185 g/mol. The molecule has 0 saturated heterocycles. The van der Waals surface area contributed by atoms with Crippen LogP contribution >= 0.6 is 0 Å². The number of aromatic amines is 1. The summed E-state index contributed by atoms with van der Waals surface area (Å²) in [5.41, 5.74) is -0.971. The van der Waals surface area contributed by atoms with Crippen LogP contribution in [0.15, 0.2) is 17.1 Å². The van der Waals surface area contributed by atoms with Crippen molar-refractivity contribution in [3.05, 3.63) is 34.0 Å². The highest BCUT2D eigenvalue weighted by Gasteiger charge is 2.11. The summed E-state index contributed by atoms with van der Waals surface area (Å²) in [6.07, 6.45) is 0.880. The first-order chi connectivity index (χ1) is 6.15. The first-order valence-corrected chi connectivity index (χ1v) is 3.70. The van der Waals surface area contributed by atoms with Crippen LogP contribution < -0.4 is 5.56 Å². The molecule has 0 aromatic carbocycles. The number of ether oxygens (including phenoxy) is 1. The number of hydrogen-bond donors (Lipinski definition) is 1. The zero-order valence-electron chi connectivity index (χ0n) is 6.96. The Hall–Kier alpha value is -1.65. The van der Waals surface area contributed by atoms with E-state index in [1.54, 1.807) is 6.92 Å². The third kappa shape index (κ3) is 2.14. The van der Waals surface area contributed by atoms with Crippen LogP contribution in [0.25, 0.3) is 0 Å². The number of halogens is 1. The van der Waals surface area contributed by atoms with Crippen molar-refractivity contribution in [3.63, 3.8) is 0 Å². The molecule has 70 valence electrons. The number of nitrogens with one attached hydrogen (secondary N) is 1. The minimum Gasteiger partial charge on any atom is -0.462 e. The smallest absolute Gasteiger partial charge is 0.343 e. The molecule has 0 saturated carbocycles. The predicted molar refractivity (Wildman–Crippen MR) is 43.0 cm³/mol. The normalized spacial score (nSPS) is 9.69. The number of hydrogen-bond acceptors (Lipinski definition) is 3. The highest BCUT2D eigenvalue weighted by atomic mass is 19.1. The molecule has 13 heavy (non-hydrogen) atoms. The Labute approximate surface area is 73.3 Å². The molecule has 0 aliphatic carbocycles. The second kappa shape index (κ2) is 3.84. The monoisotopic (exact) mass is 185 g/mol. The zero-order valence-corrected chi connectivity index (χ0v) is 6.96. The van der Waals surface area contributed by atoms with Gasteiger partial charge in [-0.15, -0.1) is 0 Å². The molecule has 1 rings (SSSR count). The third-order valence-corrected chi connectivity index (χ3v) is 1.36. The summed E-state index contributed by atoms with van der Waals surface area (Å²) in [6, 6.07) is 0.844. The summed E-state index contributed by atoms with van der Waals surface area (Å²) in [7, 11) is 0. The van der Waals surface area contributed by atoms with Gasteiger partial charge in [-0.1, -0.05) is 0 Å². The minimum atomic E-state index is -0.816. The number of carbonyl (C=O) groups excluding carboxylic acids is 1. The Bertz CT molecular complexity index is 372. The standard InChI is InChI=1S/C8H8FNO3/c1-2-13-8(12)6-3-5(9)4-10-7(6)11/h3-4H,2H2,1H3,(H,10,11). The Morgan fingerprint density at radius 3 is 3.00 bits per heavy atom. The Morgan fingerprint density at radius 2 is 2.38 bits per heavy atom. The van der Waals surface area contributed by atoms with Gasteiger partial charge in [-0.25, -0.2) is 9.18 Å². The van der Waals surface area contributed by atoms with Crippen LogP contribution in [0.1, 0.15) is 17.3 Å². The molecule has 1 aromatic rings. The lowest BCUT2D eigenvalue weighted by Crippen LogP contribution is -2.19. The molecule has 1 heterocycles. The number of H-pyrrole nitrogens is 1. The van der Waals surface area contributed by atoms with Crippen LogP contribution in [0.5, 0.6) is 0 Å². The van der Waals surface area contributed by atoms with Gasteiger partial charge >= 0.3 is 5.97 Å². The molecule has 0 atom stereocenters. The second-order valence-corrected chi connectivity index (χ2v) is 2.28. The van der Waals surface area contributed by atoms with Crippen molar-refractivity contribution < 1.29 is 13.9 Å². The highest BCUT2D eigenvalue weighted by molar-refractivity contribution is 5.88. The molecule has 1 N–H and O–H groups in total. The van der Waals surface area contributed by atoms with Crippen molar-refractivity contribution in [2.45, 2.75) is 6.92 Å². The fraction of sp³-hybridized carbons (Fsp3) is 0.250. The number of aromatic nitrogens is 1. The van der Waals surface area contributed by atoms with E-state index >= 15 is 0 Å². The molecule has 4 nitrogen and oxygen atoms in total. The topological polar surface area (TPSA) is 59.2 Å². The van der Waals surface area contributed by atoms with Crippen LogP contribution in [0, 0.1) is 5.82 Å². The van der Waals surface area contributed by atoms with E-state index in [0.29, 0.717) is 0 Å². The van der Waals surface area contributed by atoms with E-state index in [1.807, 2.05) is 0 Å². The minimum absolute atomic E-state index is 0.148. The fourth-order valence-electron chi connectivity index (χ4n) is 0.818. The van der Waals surface area contributed by atoms with Crippen molar-refractivity contribution in [2.75, 3.05) is 6.61 Å². The zero-order chi connectivity index (χ0) is 9.84. The van der Waals surface area contributed by atoms with E-state index in [4.69, 9.17) is 0 Å². The van der Waals surface area contributed by atoms with E-state index in [-0.39, 0.29) is 12.2 Å². The van der Waals surface area contributed by atoms with Crippen molar-refractivity contribution in [3.8, 4) is 0 Å². The second-order valence-electron chi connectivity index (χ2n) is 2.28.